The largest absolute Gasteiger partial charge is 0.0955 e. The average Bonchev–Trinajstić information content (AvgIpc) is 2.88. The van der Waals surface area contributed by atoms with Gasteiger partial charge in [0.1, 0.15) is 0 Å². The van der Waals surface area contributed by atoms with Crippen molar-refractivity contribution in [3.05, 3.63) is 129 Å². The van der Waals surface area contributed by atoms with Crippen LogP contribution < -0.4 is 0 Å². The van der Waals surface area contributed by atoms with Crippen molar-refractivity contribution in [1.82, 2.24) is 0 Å². The van der Waals surface area contributed by atoms with E-state index in [1.165, 1.54) is 72.4 Å². The van der Waals surface area contributed by atoms with Crippen molar-refractivity contribution in [2.45, 2.75) is 94.4 Å². The number of hydrogen-bond acceptors (Lipinski definition) is 0. The zero-order chi connectivity index (χ0) is 30.1. The number of hydrogen-bond donors (Lipinski definition) is 0. The van der Waals surface area contributed by atoms with E-state index in [4.69, 9.17) is 13.2 Å². The van der Waals surface area contributed by atoms with Gasteiger partial charge >= 0.3 is 0 Å². The molecule has 0 unspecified atom stereocenters. The van der Waals surface area contributed by atoms with Gasteiger partial charge in [-0.15, -0.1) is 0 Å². The zero-order valence-electron chi connectivity index (χ0n) is 27.2. The Balaban J connectivity index is 1.59. The summed E-state index contributed by atoms with van der Waals surface area (Å²) < 4.78 is 0. The molecule has 0 amide bonds. The molecule has 2 aromatic carbocycles. The van der Waals surface area contributed by atoms with Gasteiger partial charge in [0.05, 0.1) is 0 Å². The van der Waals surface area contributed by atoms with Crippen LogP contribution in [0.3, 0.4) is 0 Å². The lowest BCUT2D eigenvalue weighted by Gasteiger charge is -2.62. The van der Waals surface area contributed by atoms with Gasteiger partial charge < -0.3 is 0 Å². The lowest BCUT2D eigenvalue weighted by Crippen LogP contribution is -2.52. The third kappa shape index (κ3) is 4.32. The molecule has 0 heteroatoms. The third-order valence-corrected chi connectivity index (χ3v) is 11.3. The Morgan fingerprint density at radius 2 is 1.63 bits per heavy atom. The van der Waals surface area contributed by atoms with E-state index in [1.807, 2.05) is 0 Å². The predicted octanol–water partition coefficient (Wildman–Crippen LogP) is 11.3. The maximum Gasteiger partial charge on any atom is 0.0194 e. The van der Waals surface area contributed by atoms with E-state index in [9.17, 15) is 0 Å². The molecule has 0 spiro atoms. The molecule has 3 aliphatic rings. The predicted molar refractivity (Wildman–Crippen MR) is 180 cm³/mol. The van der Waals surface area contributed by atoms with Gasteiger partial charge in [-0.05, 0) is 139 Å². The molecule has 2 aromatic rings. The molecule has 0 heterocycles. The van der Waals surface area contributed by atoms with Crippen LogP contribution in [0.15, 0.2) is 89.6 Å². The van der Waals surface area contributed by atoms with E-state index < -0.39 is 0 Å². The second kappa shape index (κ2) is 10.0. The average molecular weight is 543 g/mol. The molecule has 5 rings (SSSR count). The van der Waals surface area contributed by atoms with Gasteiger partial charge in [-0.1, -0.05) is 107 Å². The smallest absolute Gasteiger partial charge is 0.0194 e. The Bertz CT molecular complexity index is 1600. The SMILES string of the molecule is C=C(C)C1=C(C)C[C@@]2(C)C[C@@]3(C)Cc4c(/C=C\Cc5ccc(C)c(CC)c5)ccc(C)c4C(=C)C3=C(C)[C@@]2(C)C1=C. The van der Waals surface area contributed by atoms with E-state index in [0.29, 0.717) is 0 Å². The minimum Gasteiger partial charge on any atom is -0.0955 e. The van der Waals surface area contributed by atoms with Crippen LogP contribution in [0.4, 0.5) is 0 Å². The third-order valence-electron chi connectivity index (χ3n) is 11.3. The van der Waals surface area contributed by atoms with E-state index in [2.05, 4.69) is 111 Å². The number of rotatable bonds is 5. The standard InChI is InChI=1S/C41H50/c1-13-33-21-32(19-17-26(33)4)15-14-16-34-20-18-27(5)37-29(7)38-31(9)41(12)30(8)36(25(2)3)28(6)22-40(41,11)24-39(38,10)23-35(34)37/h14,16-21H,2,7-8,13,15,22-24H2,1,3-6,9-12H3/b16-14-/t39-,40+,41-/m1/s1. The van der Waals surface area contributed by atoms with Crippen LogP contribution in [0, 0.1) is 30.1 Å². The monoisotopic (exact) mass is 542 g/mol. The Hall–Kier alpha value is -3.12. The van der Waals surface area contributed by atoms with Gasteiger partial charge in [0.25, 0.3) is 0 Å². The first-order valence-corrected chi connectivity index (χ1v) is 15.5. The van der Waals surface area contributed by atoms with E-state index in [0.717, 1.165) is 37.7 Å². The molecule has 0 aliphatic heterocycles. The first kappa shape index (κ1) is 29.4. The molecule has 0 aromatic heterocycles. The van der Waals surface area contributed by atoms with Crippen LogP contribution in [0.5, 0.6) is 0 Å². The lowest BCUT2D eigenvalue weighted by atomic mass is 9.41. The quantitative estimate of drug-likeness (QED) is 0.352. The highest BCUT2D eigenvalue weighted by molar-refractivity contribution is 5.88. The highest BCUT2D eigenvalue weighted by Gasteiger charge is 2.59. The van der Waals surface area contributed by atoms with Crippen LogP contribution in [0.2, 0.25) is 0 Å². The minimum atomic E-state index is -0.118. The van der Waals surface area contributed by atoms with E-state index >= 15 is 0 Å². The molecule has 0 fully saturated rings. The summed E-state index contributed by atoms with van der Waals surface area (Å²) in [6, 6.07) is 11.5. The topological polar surface area (TPSA) is 0 Å². The fourth-order valence-electron chi connectivity index (χ4n) is 9.27. The molecule has 0 bridgehead atoms. The second-order valence-electron chi connectivity index (χ2n) is 14.2. The Kier molecular flexibility index (Phi) is 7.17. The first-order chi connectivity index (χ1) is 19.2. The Labute approximate surface area is 250 Å². The van der Waals surface area contributed by atoms with Crippen LogP contribution in [-0.2, 0) is 19.3 Å². The normalized spacial score (nSPS) is 27.7. The summed E-state index contributed by atoms with van der Waals surface area (Å²) in [5.41, 5.74) is 19.0. The van der Waals surface area contributed by atoms with Crippen LogP contribution in [0.25, 0.3) is 11.6 Å². The molecule has 0 saturated heterocycles. The van der Waals surface area contributed by atoms with Gasteiger partial charge in [0, 0.05) is 5.41 Å². The highest BCUT2D eigenvalue weighted by atomic mass is 14.6. The Morgan fingerprint density at radius 3 is 2.29 bits per heavy atom. The number of benzene rings is 2. The summed E-state index contributed by atoms with van der Waals surface area (Å²) in [5, 5.41) is 0. The van der Waals surface area contributed by atoms with Crippen molar-refractivity contribution < 1.29 is 0 Å². The number of allylic oxidation sites excluding steroid dienone is 8. The van der Waals surface area contributed by atoms with Crippen LogP contribution >= 0.6 is 0 Å². The summed E-state index contributed by atoms with van der Waals surface area (Å²) in [5.74, 6) is 0. The summed E-state index contributed by atoms with van der Waals surface area (Å²) in [6.07, 6.45) is 10.0. The fourth-order valence-corrected chi connectivity index (χ4v) is 9.27. The van der Waals surface area contributed by atoms with E-state index in [-0.39, 0.29) is 16.2 Å². The minimum absolute atomic E-state index is 0.0348. The van der Waals surface area contributed by atoms with Gasteiger partial charge in [0.2, 0.25) is 0 Å². The summed E-state index contributed by atoms with van der Waals surface area (Å²) in [4.78, 5) is 0. The molecule has 0 nitrogen and oxygen atoms in total. The molecule has 0 saturated carbocycles. The number of aryl methyl sites for hydroxylation is 3. The molecular weight excluding hydrogens is 492 g/mol. The molecule has 0 N–H and O–H groups in total. The lowest BCUT2D eigenvalue weighted by molar-refractivity contribution is 0.0544. The zero-order valence-corrected chi connectivity index (χ0v) is 27.2. The van der Waals surface area contributed by atoms with Crippen molar-refractivity contribution in [3.63, 3.8) is 0 Å². The van der Waals surface area contributed by atoms with Crippen molar-refractivity contribution >= 4 is 11.6 Å². The summed E-state index contributed by atoms with van der Waals surface area (Å²) in [6.45, 7) is 35.0. The fraction of sp³-hybridized carbons (Fsp3) is 0.415. The molecule has 41 heavy (non-hydrogen) atoms. The molecule has 3 atom stereocenters. The van der Waals surface area contributed by atoms with Crippen molar-refractivity contribution in [2.24, 2.45) is 16.2 Å². The molecular formula is C41H50. The van der Waals surface area contributed by atoms with Crippen molar-refractivity contribution in [1.29, 1.82) is 0 Å². The highest BCUT2D eigenvalue weighted by Crippen LogP contribution is 2.70. The second-order valence-corrected chi connectivity index (χ2v) is 14.2. The Morgan fingerprint density at radius 1 is 0.951 bits per heavy atom. The van der Waals surface area contributed by atoms with Crippen LogP contribution in [-0.4, -0.2) is 0 Å². The van der Waals surface area contributed by atoms with Crippen molar-refractivity contribution in [2.75, 3.05) is 0 Å². The maximum absolute atomic E-state index is 4.84. The molecule has 0 radical (unpaired) electrons. The summed E-state index contributed by atoms with van der Waals surface area (Å²) in [7, 11) is 0. The first-order valence-electron chi connectivity index (χ1n) is 15.5. The molecule has 214 valence electrons. The van der Waals surface area contributed by atoms with Gasteiger partial charge in [-0.2, -0.15) is 0 Å². The van der Waals surface area contributed by atoms with Gasteiger partial charge in [0.15, 0.2) is 0 Å². The number of fused-ring (bicyclic) bond motifs is 3. The van der Waals surface area contributed by atoms with Gasteiger partial charge in [-0.25, -0.2) is 0 Å². The van der Waals surface area contributed by atoms with Crippen LogP contribution in [0.1, 0.15) is 100 Å². The summed E-state index contributed by atoms with van der Waals surface area (Å²) >= 11 is 0. The maximum atomic E-state index is 4.84. The van der Waals surface area contributed by atoms with E-state index in [1.54, 1.807) is 0 Å². The molecule has 3 aliphatic carbocycles. The van der Waals surface area contributed by atoms with Crippen molar-refractivity contribution in [3.8, 4) is 0 Å². The van der Waals surface area contributed by atoms with Gasteiger partial charge in [-0.3, -0.25) is 0 Å².